The van der Waals surface area contributed by atoms with Crippen molar-refractivity contribution in [1.82, 2.24) is 10.3 Å². The molecule has 1 saturated heterocycles. The Morgan fingerprint density at radius 2 is 1.96 bits per heavy atom. The summed E-state index contributed by atoms with van der Waals surface area (Å²) in [5, 5.41) is 5.55. The first-order valence-corrected chi connectivity index (χ1v) is 8.50. The van der Waals surface area contributed by atoms with E-state index in [9.17, 15) is 9.59 Å². The number of hydrogen-bond donors (Lipinski definition) is 2. The first-order chi connectivity index (χ1) is 12.1. The van der Waals surface area contributed by atoms with Crippen LogP contribution in [0, 0.1) is 0 Å². The van der Waals surface area contributed by atoms with Crippen LogP contribution in [0.3, 0.4) is 0 Å². The Hall–Kier alpha value is -2.89. The minimum Gasteiger partial charge on any atom is -0.371 e. The Kier molecular flexibility index (Phi) is 5.28. The normalized spacial score (nSPS) is 14.8. The Labute approximate surface area is 147 Å². The molecule has 1 aromatic carbocycles. The number of carbonyl (C=O) groups is 2. The lowest BCUT2D eigenvalue weighted by molar-refractivity contribution is -0.117. The smallest absolute Gasteiger partial charge is 0.253 e. The predicted octanol–water partition coefficient (Wildman–Crippen LogP) is 2.44. The van der Waals surface area contributed by atoms with Gasteiger partial charge in [0.25, 0.3) is 5.91 Å². The molecule has 2 amide bonds. The monoisotopic (exact) mass is 338 g/mol. The van der Waals surface area contributed by atoms with E-state index < -0.39 is 6.04 Å². The minimum absolute atomic E-state index is 0.254. The van der Waals surface area contributed by atoms with Crippen molar-refractivity contribution in [2.24, 2.45) is 0 Å². The quantitative estimate of drug-likeness (QED) is 0.878. The molecule has 1 atom stereocenters. The first kappa shape index (κ1) is 17.0. The number of nitrogens with one attached hydrogen (secondary N) is 2. The third-order valence-corrected chi connectivity index (χ3v) is 4.25. The fourth-order valence-corrected chi connectivity index (χ4v) is 2.85. The Bertz CT molecular complexity index is 742. The third-order valence-electron chi connectivity index (χ3n) is 4.25. The Balaban J connectivity index is 1.59. The molecule has 6 nitrogen and oxygen atoms in total. The van der Waals surface area contributed by atoms with Crippen molar-refractivity contribution in [3.63, 3.8) is 0 Å². The van der Waals surface area contributed by atoms with E-state index in [1.54, 1.807) is 25.3 Å². The van der Waals surface area contributed by atoms with E-state index in [4.69, 9.17) is 0 Å². The van der Waals surface area contributed by atoms with E-state index >= 15 is 0 Å². The fourth-order valence-electron chi connectivity index (χ4n) is 2.85. The summed E-state index contributed by atoms with van der Waals surface area (Å²) >= 11 is 0. The lowest BCUT2D eigenvalue weighted by Crippen LogP contribution is -2.41. The van der Waals surface area contributed by atoms with Crippen LogP contribution in [0.25, 0.3) is 0 Å². The lowest BCUT2D eigenvalue weighted by atomic mass is 10.2. The van der Waals surface area contributed by atoms with Gasteiger partial charge in [-0.3, -0.25) is 14.6 Å². The molecule has 25 heavy (non-hydrogen) atoms. The number of amides is 2. The number of carbonyl (C=O) groups excluding carboxylic acids is 2. The molecule has 1 aromatic heterocycles. The molecule has 2 N–H and O–H groups in total. The average molecular weight is 338 g/mol. The van der Waals surface area contributed by atoms with Crippen LogP contribution in [0.5, 0.6) is 0 Å². The molecule has 0 spiro atoms. The fraction of sp³-hybridized carbons (Fsp3) is 0.316. The number of hydrogen-bond acceptors (Lipinski definition) is 4. The molecule has 6 heteroatoms. The summed E-state index contributed by atoms with van der Waals surface area (Å²) in [6.07, 6.45) is 5.47. The van der Waals surface area contributed by atoms with Crippen molar-refractivity contribution in [2.75, 3.05) is 23.3 Å². The molecule has 2 aromatic rings. The van der Waals surface area contributed by atoms with Crippen molar-refractivity contribution < 1.29 is 9.59 Å². The molecular weight excluding hydrogens is 316 g/mol. The molecule has 1 aliphatic heterocycles. The number of nitrogens with zero attached hydrogens (tertiary/aromatic N) is 2. The van der Waals surface area contributed by atoms with Crippen molar-refractivity contribution in [3.8, 4) is 0 Å². The molecule has 2 heterocycles. The van der Waals surface area contributed by atoms with Gasteiger partial charge in [-0.2, -0.15) is 0 Å². The summed E-state index contributed by atoms with van der Waals surface area (Å²) in [6, 6.07) is 10.5. The molecule has 0 saturated carbocycles. The second-order valence-corrected chi connectivity index (χ2v) is 6.17. The van der Waals surface area contributed by atoms with E-state index in [0.717, 1.165) is 24.5 Å². The highest BCUT2D eigenvalue weighted by Gasteiger charge is 2.18. The topological polar surface area (TPSA) is 74.3 Å². The van der Waals surface area contributed by atoms with Gasteiger partial charge in [0, 0.05) is 36.9 Å². The molecule has 1 aliphatic rings. The summed E-state index contributed by atoms with van der Waals surface area (Å²) in [6.45, 7) is 3.76. The van der Waals surface area contributed by atoms with E-state index in [1.165, 1.54) is 19.0 Å². The maximum Gasteiger partial charge on any atom is 0.253 e. The number of anilines is 2. The van der Waals surface area contributed by atoms with E-state index in [2.05, 4.69) is 26.6 Å². The van der Waals surface area contributed by atoms with Gasteiger partial charge in [0.1, 0.15) is 6.04 Å². The van der Waals surface area contributed by atoms with Crippen LogP contribution in [-0.2, 0) is 4.79 Å². The molecule has 3 rings (SSSR count). The van der Waals surface area contributed by atoms with Gasteiger partial charge in [0.15, 0.2) is 0 Å². The standard InChI is InChI=1S/C19H22N4O2/c1-14(21-19(25)15-6-5-9-20-13-15)18(24)22-16-7-4-8-17(12-16)23-10-2-3-11-23/h4-9,12-14H,2-3,10-11H2,1H3,(H,21,25)(H,22,24). The highest BCUT2D eigenvalue weighted by Crippen LogP contribution is 2.23. The van der Waals surface area contributed by atoms with Crippen LogP contribution in [0.1, 0.15) is 30.1 Å². The van der Waals surface area contributed by atoms with Gasteiger partial charge in [0.05, 0.1) is 5.56 Å². The highest BCUT2D eigenvalue weighted by atomic mass is 16.2. The SMILES string of the molecule is CC(NC(=O)c1cccnc1)C(=O)Nc1cccc(N2CCCC2)c1. The van der Waals surface area contributed by atoms with Crippen molar-refractivity contribution in [1.29, 1.82) is 0 Å². The van der Waals surface area contributed by atoms with Crippen molar-refractivity contribution in [3.05, 3.63) is 54.4 Å². The average Bonchev–Trinajstić information content (AvgIpc) is 3.17. The van der Waals surface area contributed by atoms with Gasteiger partial charge < -0.3 is 15.5 Å². The first-order valence-electron chi connectivity index (χ1n) is 8.50. The number of aromatic nitrogens is 1. The molecule has 130 valence electrons. The molecular formula is C19H22N4O2. The number of rotatable bonds is 5. The summed E-state index contributed by atoms with van der Waals surface area (Å²) < 4.78 is 0. The zero-order valence-corrected chi connectivity index (χ0v) is 14.2. The van der Waals surface area contributed by atoms with Gasteiger partial charge in [-0.25, -0.2) is 0 Å². The Morgan fingerprint density at radius 3 is 2.68 bits per heavy atom. The number of pyridine rings is 1. The highest BCUT2D eigenvalue weighted by molar-refractivity contribution is 6.00. The molecule has 0 radical (unpaired) electrons. The van der Waals surface area contributed by atoms with Gasteiger partial charge in [0.2, 0.25) is 5.91 Å². The minimum atomic E-state index is -0.650. The van der Waals surface area contributed by atoms with E-state index in [0.29, 0.717) is 5.56 Å². The molecule has 1 fully saturated rings. The zero-order valence-electron chi connectivity index (χ0n) is 14.2. The molecule has 0 aliphatic carbocycles. The summed E-state index contributed by atoms with van der Waals surface area (Å²) in [5.74, 6) is -0.572. The van der Waals surface area contributed by atoms with Crippen LogP contribution >= 0.6 is 0 Å². The maximum atomic E-state index is 12.4. The van der Waals surface area contributed by atoms with E-state index in [1.807, 2.05) is 18.2 Å². The summed E-state index contributed by atoms with van der Waals surface area (Å²) in [4.78, 5) is 30.7. The van der Waals surface area contributed by atoms with Crippen LogP contribution < -0.4 is 15.5 Å². The second-order valence-electron chi connectivity index (χ2n) is 6.17. The zero-order chi connectivity index (χ0) is 17.6. The molecule has 0 bridgehead atoms. The molecule has 1 unspecified atom stereocenters. The predicted molar refractivity (Wildman–Crippen MR) is 97.7 cm³/mol. The van der Waals surface area contributed by atoms with Gasteiger partial charge in [-0.15, -0.1) is 0 Å². The number of benzene rings is 1. The summed E-state index contributed by atoms with van der Waals surface area (Å²) in [5.41, 5.74) is 2.28. The lowest BCUT2D eigenvalue weighted by Gasteiger charge is -2.19. The van der Waals surface area contributed by atoms with Crippen molar-refractivity contribution >= 4 is 23.2 Å². The van der Waals surface area contributed by atoms with Gasteiger partial charge in [-0.05, 0) is 50.1 Å². The summed E-state index contributed by atoms with van der Waals surface area (Å²) in [7, 11) is 0. The van der Waals surface area contributed by atoms with Crippen LogP contribution in [0.2, 0.25) is 0 Å². The second kappa shape index (κ2) is 7.79. The van der Waals surface area contributed by atoms with Crippen LogP contribution in [0.4, 0.5) is 11.4 Å². The van der Waals surface area contributed by atoms with Gasteiger partial charge >= 0.3 is 0 Å². The largest absolute Gasteiger partial charge is 0.371 e. The van der Waals surface area contributed by atoms with Crippen LogP contribution in [-0.4, -0.2) is 35.9 Å². The third kappa shape index (κ3) is 4.35. The van der Waals surface area contributed by atoms with E-state index in [-0.39, 0.29) is 11.8 Å². The maximum absolute atomic E-state index is 12.4. The van der Waals surface area contributed by atoms with Gasteiger partial charge in [-0.1, -0.05) is 6.07 Å². The van der Waals surface area contributed by atoms with Crippen LogP contribution in [0.15, 0.2) is 48.8 Å². The Morgan fingerprint density at radius 1 is 1.16 bits per heavy atom. The van der Waals surface area contributed by atoms with Crippen molar-refractivity contribution in [2.45, 2.75) is 25.8 Å².